The molecule has 0 unspecified atom stereocenters. The molecule has 6 heteroatoms. The van der Waals surface area contributed by atoms with E-state index in [-0.39, 0.29) is 0 Å². The summed E-state index contributed by atoms with van der Waals surface area (Å²) in [5, 5.41) is 10.3. The van der Waals surface area contributed by atoms with Crippen molar-refractivity contribution < 1.29 is 0 Å². The molecule has 2 aromatic rings. The van der Waals surface area contributed by atoms with E-state index in [9.17, 15) is 0 Å². The van der Waals surface area contributed by atoms with Crippen molar-refractivity contribution in [2.45, 2.75) is 19.8 Å². The molecule has 0 aliphatic rings. The maximum Gasteiger partial charge on any atom is 0.159 e. The summed E-state index contributed by atoms with van der Waals surface area (Å²) in [6.07, 6.45) is 1.89. The van der Waals surface area contributed by atoms with Crippen LogP contribution in [0.25, 0.3) is 9.88 Å². The van der Waals surface area contributed by atoms with Gasteiger partial charge in [0.25, 0.3) is 0 Å². The third-order valence-corrected chi connectivity index (χ3v) is 4.07. The molecule has 0 saturated heterocycles. The molecule has 0 aromatic carbocycles. The number of rotatable bonds is 4. The average Bonchev–Trinajstić information content (AvgIpc) is 2.83. The first kappa shape index (κ1) is 10.7. The number of aromatic nitrogens is 3. The number of thiazole rings is 1. The van der Waals surface area contributed by atoms with Crippen LogP contribution >= 0.6 is 22.7 Å². The second kappa shape index (κ2) is 4.78. The SMILES string of the molecule is Cc1ncsc1-c1nnc(CCCN)s1. The molecule has 15 heavy (non-hydrogen) atoms. The fourth-order valence-electron chi connectivity index (χ4n) is 1.21. The van der Waals surface area contributed by atoms with Gasteiger partial charge in [0.15, 0.2) is 5.01 Å². The Labute approximate surface area is 96.2 Å². The van der Waals surface area contributed by atoms with Crippen molar-refractivity contribution >= 4 is 22.7 Å². The van der Waals surface area contributed by atoms with Gasteiger partial charge in [0.1, 0.15) is 5.01 Å². The maximum absolute atomic E-state index is 5.45. The number of nitrogens with zero attached hydrogens (tertiary/aromatic N) is 3. The molecular weight excluding hydrogens is 228 g/mol. The molecule has 0 bridgehead atoms. The fraction of sp³-hybridized carbons (Fsp3) is 0.444. The van der Waals surface area contributed by atoms with Gasteiger partial charge in [0.05, 0.1) is 16.1 Å². The first-order valence-corrected chi connectivity index (χ1v) is 6.44. The van der Waals surface area contributed by atoms with Crippen LogP contribution in [0.5, 0.6) is 0 Å². The number of aryl methyl sites for hydroxylation is 2. The minimum absolute atomic E-state index is 0.703. The Hall–Kier alpha value is -0.850. The molecule has 0 amide bonds. The standard InChI is InChI=1S/C9H12N4S2/c1-6-8(14-5-11-6)9-13-12-7(15-9)3-2-4-10/h5H,2-4,10H2,1H3. The van der Waals surface area contributed by atoms with Gasteiger partial charge in [-0.2, -0.15) is 0 Å². The summed E-state index contributed by atoms with van der Waals surface area (Å²) in [4.78, 5) is 5.33. The summed E-state index contributed by atoms with van der Waals surface area (Å²) < 4.78 is 0. The summed E-state index contributed by atoms with van der Waals surface area (Å²) in [6.45, 7) is 2.70. The van der Waals surface area contributed by atoms with Crippen LogP contribution in [-0.4, -0.2) is 21.7 Å². The van der Waals surface area contributed by atoms with Crippen molar-refractivity contribution in [3.63, 3.8) is 0 Å². The van der Waals surface area contributed by atoms with E-state index in [0.29, 0.717) is 6.54 Å². The molecule has 0 saturated carbocycles. The van der Waals surface area contributed by atoms with Crippen molar-refractivity contribution in [2.75, 3.05) is 6.54 Å². The van der Waals surface area contributed by atoms with E-state index in [2.05, 4.69) is 15.2 Å². The van der Waals surface area contributed by atoms with Crippen LogP contribution in [0.4, 0.5) is 0 Å². The van der Waals surface area contributed by atoms with Gasteiger partial charge in [-0.05, 0) is 19.9 Å². The predicted octanol–water partition coefficient (Wildman–Crippen LogP) is 1.86. The molecule has 2 heterocycles. The molecule has 0 atom stereocenters. The van der Waals surface area contributed by atoms with Gasteiger partial charge in [-0.1, -0.05) is 11.3 Å². The maximum atomic E-state index is 5.45. The topological polar surface area (TPSA) is 64.7 Å². The summed E-state index contributed by atoms with van der Waals surface area (Å²) in [7, 11) is 0. The van der Waals surface area contributed by atoms with Crippen molar-refractivity contribution in [2.24, 2.45) is 5.73 Å². The van der Waals surface area contributed by atoms with Crippen molar-refractivity contribution in [1.29, 1.82) is 0 Å². The summed E-state index contributed by atoms with van der Waals surface area (Å²) in [6, 6.07) is 0. The molecule has 80 valence electrons. The van der Waals surface area contributed by atoms with Gasteiger partial charge in [-0.3, -0.25) is 0 Å². The Morgan fingerprint density at radius 3 is 2.93 bits per heavy atom. The zero-order valence-electron chi connectivity index (χ0n) is 8.43. The monoisotopic (exact) mass is 240 g/mol. The Morgan fingerprint density at radius 1 is 1.40 bits per heavy atom. The van der Waals surface area contributed by atoms with Gasteiger partial charge in [-0.15, -0.1) is 21.5 Å². The Bertz CT molecular complexity index is 435. The highest BCUT2D eigenvalue weighted by atomic mass is 32.1. The van der Waals surface area contributed by atoms with Crippen molar-refractivity contribution in [1.82, 2.24) is 15.2 Å². The van der Waals surface area contributed by atoms with E-state index in [1.165, 1.54) is 0 Å². The predicted molar refractivity (Wildman–Crippen MR) is 63.1 cm³/mol. The quantitative estimate of drug-likeness (QED) is 0.886. The molecule has 0 aliphatic heterocycles. The van der Waals surface area contributed by atoms with Crippen LogP contribution in [0, 0.1) is 6.92 Å². The first-order valence-electron chi connectivity index (χ1n) is 4.74. The number of hydrogen-bond donors (Lipinski definition) is 1. The molecule has 2 aromatic heterocycles. The van der Waals surface area contributed by atoms with E-state index in [1.54, 1.807) is 22.7 Å². The van der Waals surface area contributed by atoms with Crippen LogP contribution in [0.3, 0.4) is 0 Å². The lowest BCUT2D eigenvalue weighted by Crippen LogP contribution is -1.99. The minimum Gasteiger partial charge on any atom is -0.330 e. The molecule has 0 fully saturated rings. The van der Waals surface area contributed by atoms with E-state index < -0.39 is 0 Å². The summed E-state index contributed by atoms with van der Waals surface area (Å²) in [5.41, 5.74) is 8.32. The van der Waals surface area contributed by atoms with Crippen LogP contribution in [0.15, 0.2) is 5.51 Å². The molecule has 2 N–H and O–H groups in total. The lowest BCUT2D eigenvalue weighted by atomic mass is 10.3. The Kier molecular flexibility index (Phi) is 3.40. The highest BCUT2D eigenvalue weighted by Gasteiger charge is 2.10. The molecule has 2 rings (SSSR count). The van der Waals surface area contributed by atoms with Gasteiger partial charge in [0, 0.05) is 6.42 Å². The lowest BCUT2D eigenvalue weighted by Gasteiger charge is -1.90. The van der Waals surface area contributed by atoms with E-state index >= 15 is 0 Å². The summed E-state index contributed by atoms with van der Waals surface area (Å²) in [5.74, 6) is 0. The van der Waals surface area contributed by atoms with E-state index in [1.807, 2.05) is 12.4 Å². The zero-order valence-corrected chi connectivity index (χ0v) is 10.1. The zero-order chi connectivity index (χ0) is 10.7. The number of hydrogen-bond acceptors (Lipinski definition) is 6. The van der Waals surface area contributed by atoms with Crippen molar-refractivity contribution in [3.8, 4) is 9.88 Å². The molecular formula is C9H12N4S2. The molecule has 0 spiro atoms. The highest BCUT2D eigenvalue weighted by molar-refractivity contribution is 7.20. The fourth-order valence-corrected chi connectivity index (χ4v) is 3.03. The molecule has 0 aliphatic carbocycles. The molecule has 0 radical (unpaired) electrons. The minimum atomic E-state index is 0.703. The summed E-state index contributed by atoms with van der Waals surface area (Å²) >= 11 is 3.25. The normalized spacial score (nSPS) is 10.8. The van der Waals surface area contributed by atoms with E-state index in [4.69, 9.17) is 5.73 Å². The smallest absolute Gasteiger partial charge is 0.159 e. The van der Waals surface area contributed by atoms with Crippen molar-refractivity contribution in [3.05, 3.63) is 16.2 Å². The highest BCUT2D eigenvalue weighted by Crippen LogP contribution is 2.29. The Morgan fingerprint density at radius 2 is 2.27 bits per heavy atom. The van der Waals surface area contributed by atoms with Crippen LogP contribution in [0.1, 0.15) is 17.1 Å². The third-order valence-electron chi connectivity index (χ3n) is 2.00. The number of nitrogens with two attached hydrogens (primary N) is 1. The van der Waals surface area contributed by atoms with E-state index in [0.717, 1.165) is 33.4 Å². The van der Waals surface area contributed by atoms with Gasteiger partial charge < -0.3 is 5.73 Å². The van der Waals surface area contributed by atoms with Crippen LogP contribution < -0.4 is 5.73 Å². The van der Waals surface area contributed by atoms with Gasteiger partial charge in [-0.25, -0.2) is 4.98 Å². The molecule has 4 nitrogen and oxygen atoms in total. The second-order valence-electron chi connectivity index (χ2n) is 3.16. The lowest BCUT2D eigenvalue weighted by molar-refractivity contribution is 0.812. The first-order chi connectivity index (χ1) is 7.31. The van der Waals surface area contributed by atoms with Gasteiger partial charge in [0.2, 0.25) is 0 Å². The van der Waals surface area contributed by atoms with Crippen LogP contribution in [0.2, 0.25) is 0 Å². The van der Waals surface area contributed by atoms with Gasteiger partial charge >= 0.3 is 0 Å². The average molecular weight is 240 g/mol. The second-order valence-corrected chi connectivity index (χ2v) is 5.08. The largest absolute Gasteiger partial charge is 0.330 e. The van der Waals surface area contributed by atoms with Crippen LogP contribution in [-0.2, 0) is 6.42 Å². The Balaban J connectivity index is 2.17. The third kappa shape index (κ3) is 2.39.